The van der Waals surface area contributed by atoms with Crippen LogP contribution in [0, 0.1) is 0 Å². The Kier molecular flexibility index (Phi) is 11.0. The number of rotatable bonds is 7. The number of carboxylic acids is 1. The third-order valence-corrected chi connectivity index (χ3v) is 3.26. The van der Waals surface area contributed by atoms with Crippen LogP contribution in [0.1, 0.15) is 0 Å². The van der Waals surface area contributed by atoms with Crippen molar-refractivity contribution in [2.75, 3.05) is 13.2 Å². The average molecular weight is 366 g/mol. The van der Waals surface area contributed by atoms with Crippen molar-refractivity contribution in [3.8, 4) is 0 Å². The number of carboxylic acid groups (broad SMARTS) is 1. The molecule has 0 aliphatic carbocycles. The van der Waals surface area contributed by atoms with Crippen LogP contribution in [-0.2, 0) is 14.3 Å². The molecule has 1 saturated heterocycles. The van der Waals surface area contributed by atoms with Gasteiger partial charge in [-0.05, 0) is 0 Å². The topological polar surface area (TPSA) is 200 Å². The van der Waals surface area contributed by atoms with Gasteiger partial charge >= 0.3 is 51.4 Å². The zero-order valence-corrected chi connectivity index (χ0v) is 15.4. The molecule has 8 atom stereocenters. The Balaban J connectivity index is 0.00000484. The van der Waals surface area contributed by atoms with Crippen LogP contribution in [-0.4, -0.2) is 104 Å². The van der Waals surface area contributed by atoms with Gasteiger partial charge in [0.2, 0.25) is 0 Å². The van der Waals surface area contributed by atoms with Crippen molar-refractivity contribution in [2.45, 2.75) is 49.0 Å². The summed E-state index contributed by atoms with van der Waals surface area (Å²) in [4.78, 5) is 10.7. The smallest absolute Gasteiger partial charge is 0.547 e. The molecule has 0 radical (unpaired) electrons. The summed E-state index contributed by atoms with van der Waals surface area (Å²) in [5.41, 5.74) is 0. The minimum atomic E-state index is -2.37. The van der Waals surface area contributed by atoms with Crippen molar-refractivity contribution in [1.29, 1.82) is 0 Å². The largest absolute Gasteiger partial charge is 1.00 e. The third-order valence-electron chi connectivity index (χ3n) is 3.26. The van der Waals surface area contributed by atoms with Crippen molar-refractivity contribution in [3.63, 3.8) is 0 Å². The molecule has 130 valence electrons. The Morgan fingerprint density at radius 2 is 1.70 bits per heavy atom. The van der Waals surface area contributed by atoms with Gasteiger partial charge in [0, 0.05) is 0 Å². The first-order chi connectivity index (χ1) is 10.2. The molecule has 1 fully saturated rings. The second kappa shape index (κ2) is 10.7. The second-order valence-electron chi connectivity index (χ2n) is 4.81. The van der Waals surface area contributed by atoms with Gasteiger partial charge in [-0.2, -0.15) is 0 Å². The molecule has 23 heavy (non-hydrogen) atoms. The van der Waals surface area contributed by atoms with Crippen LogP contribution >= 0.6 is 0 Å². The van der Waals surface area contributed by atoms with Gasteiger partial charge in [-0.3, -0.25) is 0 Å². The van der Waals surface area contributed by atoms with E-state index in [2.05, 4.69) is 0 Å². The molecule has 0 spiro atoms. The van der Waals surface area contributed by atoms with Crippen LogP contribution in [0.3, 0.4) is 0 Å². The number of aliphatic hydroxyl groups excluding tert-OH is 7. The van der Waals surface area contributed by atoms with Gasteiger partial charge in [-0.25, -0.2) is 0 Å². The summed E-state index contributed by atoms with van der Waals surface area (Å²) in [5, 5.41) is 76.2. The molecule has 0 bridgehead atoms. The second-order valence-corrected chi connectivity index (χ2v) is 4.81. The van der Waals surface area contributed by atoms with Crippen LogP contribution in [0.25, 0.3) is 0 Å². The Hall–Kier alpha value is 0.746. The zero-order chi connectivity index (χ0) is 17.0. The number of hydrogen-bond acceptors (Lipinski definition) is 11. The third kappa shape index (κ3) is 5.90. The van der Waals surface area contributed by atoms with E-state index in [9.17, 15) is 35.4 Å². The maximum absolute atomic E-state index is 10.7. The summed E-state index contributed by atoms with van der Waals surface area (Å²) in [7, 11) is 0. The summed E-state index contributed by atoms with van der Waals surface area (Å²) in [5.74, 6) is -2.01. The van der Waals surface area contributed by atoms with Gasteiger partial charge < -0.3 is 55.1 Å². The molecule has 0 aromatic carbocycles. The molecule has 7 N–H and O–H groups in total. The van der Waals surface area contributed by atoms with Gasteiger partial charge in [0.25, 0.3) is 0 Å². The molecular weight excluding hydrogens is 347 g/mol. The summed E-state index contributed by atoms with van der Waals surface area (Å²) >= 11 is 0. The number of aliphatic carboxylic acids is 1. The SMILES string of the molecule is O=C([O-])[C@@H](O)[C@H](O[C@@H]1O[C@H](CO)[C@H](O)[C@H](O)[C@H]1O)[C@H](O)CO.[K+]. The zero-order valence-electron chi connectivity index (χ0n) is 12.3. The predicted molar refractivity (Wildman–Crippen MR) is 62.7 cm³/mol. The van der Waals surface area contributed by atoms with E-state index in [1.165, 1.54) is 0 Å². The molecule has 1 aliphatic heterocycles. The maximum Gasteiger partial charge on any atom is 1.00 e. The monoisotopic (exact) mass is 366 g/mol. The molecule has 0 saturated carbocycles. The first-order valence-electron chi connectivity index (χ1n) is 6.38. The number of aliphatic hydroxyl groups is 7. The molecule has 0 amide bonds. The molecular formula is C11H19KO11. The van der Waals surface area contributed by atoms with E-state index in [1.54, 1.807) is 0 Å². The summed E-state index contributed by atoms with van der Waals surface area (Å²) in [6.45, 7) is -1.73. The standard InChI is InChI=1S/C11H20O11.K/c12-1-3(14)9(8(18)10(19)20)22-11-7(17)6(16)5(15)4(2-13)21-11;/h3-9,11-18H,1-2H2,(H,19,20);/q;+1/p-1/t3-,4-,5+,6+,7-,8+,9-,11+;/m1./s1. The molecule has 0 unspecified atom stereocenters. The average Bonchev–Trinajstić information content (AvgIpc) is 2.50. The van der Waals surface area contributed by atoms with Crippen LogP contribution in [0.4, 0.5) is 0 Å². The van der Waals surface area contributed by atoms with Crippen LogP contribution in [0.5, 0.6) is 0 Å². The Labute approximate surface area is 173 Å². The summed E-state index contributed by atoms with van der Waals surface area (Å²) < 4.78 is 9.83. The van der Waals surface area contributed by atoms with E-state index >= 15 is 0 Å². The minimum Gasteiger partial charge on any atom is -0.547 e. The van der Waals surface area contributed by atoms with E-state index in [-0.39, 0.29) is 51.4 Å². The van der Waals surface area contributed by atoms with Crippen LogP contribution in [0.15, 0.2) is 0 Å². The van der Waals surface area contributed by atoms with Crippen molar-refractivity contribution in [3.05, 3.63) is 0 Å². The Bertz CT molecular complexity index is 368. The number of carbonyl (C=O) groups is 1. The van der Waals surface area contributed by atoms with Crippen LogP contribution in [0.2, 0.25) is 0 Å². The fourth-order valence-electron chi connectivity index (χ4n) is 1.95. The molecule has 0 aromatic heterocycles. The van der Waals surface area contributed by atoms with Gasteiger partial charge in [0.15, 0.2) is 6.29 Å². The van der Waals surface area contributed by atoms with E-state index in [0.717, 1.165) is 0 Å². The normalized spacial score (nSPS) is 35.0. The van der Waals surface area contributed by atoms with E-state index in [1.807, 2.05) is 0 Å². The van der Waals surface area contributed by atoms with Crippen molar-refractivity contribution >= 4 is 5.97 Å². The van der Waals surface area contributed by atoms with Gasteiger partial charge in [0.1, 0.15) is 42.7 Å². The maximum atomic E-state index is 10.7. The minimum absolute atomic E-state index is 0. The first kappa shape index (κ1) is 23.7. The van der Waals surface area contributed by atoms with E-state index in [0.29, 0.717) is 0 Å². The quantitative estimate of drug-likeness (QED) is 0.211. The van der Waals surface area contributed by atoms with Crippen LogP contribution < -0.4 is 56.5 Å². The van der Waals surface area contributed by atoms with Crippen molar-refractivity contribution in [1.82, 2.24) is 0 Å². The van der Waals surface area contributed by atoms with Gasteiger partial charge in [-0.1, -0.05) is 0 Å². The fourth-order valence-corrected chi connectivity index (χ4v) is 1.95. The molecule has 12 heteroatoms. The van der Waals surface area contributed by atoms with Gasteiger partial charge in [0.05, 0.1) is 19.2 Å². The fraction of sp³-hybridized carbons (Fsp3) is 0.909. The molecule has 0 aromatic rings. The first-order valence-corrected chi connectivity index (χ1v) is 6.38. The van der Waals surface area contributed by atoms with Gasteiger partial charge in [-0.15, -0.1) is 0 Å². The van der Waals surface area contributed by atoms with E-state index < -0.39 is 68.2 Å². The van der Waals surface area contributed by atoms with Crippen molar-refractivity contribution < 1.29 is 107 Å². The van der Waals surface area contributed by atoms with E-state index in [4.69, 9.17) is 19.7 Å². The summed E-state index contributed by atoms with van der Waals surface area (Å²) in [6.07, 6.45) is -14.6. The Morgan fingerprint density at radius 1 is 1.13 bits per heavy atom. The molecule has 1 heterocycles. The molecule has 11 nitrogen and oxygen atoms in total. The molecule has 1 rings (SSSR count). The number of hydrogen-bond donors (Lipinski definition) is 7. The number of carbonyl (C=O) groups excluding carboxylic acids is 1. The predicted octanol–water partition coefficient (Wildman–Crippen LogP) is -9.36. The van der Waals surface area contributed by atoms with Crippen molar-refractivity contribution in [2.24, 2.45) is 0 Å². The number of ether oxygens (including phenoxy) is 2. The Morgan fingerprint density at radius 3 is 2.13 bits per heavy atom. The summed E-state index contributed by atoms with van der Waals surface area (Å²) in [6, 6.07) is 0. The molecule has 1 aliphatic rings.